The number of amides is 1. The molecule has 154 valence electrons. The van der Waals surface area contributed by atoms with Crippen LogP contribution in [0, 0.1) is 17.8 Å². The zero-order valence-corrected chi connectivity index (χ0v) is 18.4. The average molecular weight is 397 g/mol. The Bertz CT molecular complexity index is 534. The summed E-state index contributed by atoms with van der Waals surface area (Å²) in [5.41, 5.74) is 0.588. The van der Waals surface area contributed by atoms with Gasteiger partial charge in [-0.25, -0.2) is 4.79 Å². The van der Waals surface area contributed by atoms with Crippen molar-refractivity contribution in [1.82, 2.24) is 4.90 Å². The van der Waals surface area contributed by atoms with Gasteiger partial charge in [0.05, 0.1) is 18.9 Å². The Labute approximate surface area is 169 Å². The molecule has 0 radical (unpaired) electrons. The molecule has 27 heavy (non-hydrogen) atoms. The summed E-state index contributed by atoms with van der Waals surface area (Å²) < 4.78 is 11.4. The highest BCUT2D eigenvalue weighted by Gasteiger charge is 2.44. The molecule has 0 spiro atoms. The molecule has 0 bridgehead atoms. The number of hydrogen-bond acceptors (Lipinski definition) is 5. The van der Waals surface area contributed by atoms with Gasteiger partial charge in [0.25, 0.3) is 0 Å². The molecule has 1 aliphatic carbocycles. The van der Waals surface area contributed by atoms with Gasteiger partial charge in [-0.2, -0.15) is 11.8 Å². The predicted octanol–water partition coefficient (Wildman–Crippen LogP) is 4.28. The van der Waals surface area contributed by atoms with Crippen molar-refractivity contribution in [3.05, 3.63) is 12.2 Å². The SMILES string of the molecule is CN=C(/C=C\CSC)COC[C@@H]1C[C@@H]1C1CCN(C(=O)OC(C)(C)C)CC1. The Hall–Kier alpha value is -1.01. The molecule has 1 aliphatic heterocycles. The molecule has 5 nitrogen and oxygen atoms in total. The Morgan fingerprint density at radius 3 is 2.59 bits per heavy atom. The molecule has 1 saturated carbocycles. The molecular formula is C21H36N2O3S. The van der Waals surface area contributed by atoms with E-state index in [0.717, 1.165) is 55.8 Å². The normalized spacial score (nSPS) is 24.5. The standard InChI is InChI=1S/C21H36N2O3S/c1-21(2,3)26-20(24)23-10-8-16(9-11-23)19-13-17(19)14-25-15-18(22-4)7-6-12-27-5/h6-7,16-17,19H,8-15H2,1-5H3/b7-6-,22-18?/t17-,19+/m0/s1. The second-order valence-corrected chi connectivity index (χ2v) is 9.46. The monoisotopic (exact) mass is 396 g/mol. The van der Waals surface area contributed by atoms with Gasteiger partial charge in [-0.1, -0.05) is 6.08 Å². The van der Waals surface area contributed by atoms with Gasteiger partial charge in [0, 0.05) is 25.9 Å². The zero-order valence-electron chi connectivity index (χ0n) is 17.6. The molecule has 1 saturated heterocycles. The van der Waals surface area contributed by atoms with Crippen LogP contribution in [-0.2, 0) is 9.47 Å². The minimum atomic E-state index is -0.419. The molecule has 1 amide bonds. The molecule has 0 aromatic heterocycles. The lowest BCUT2D eigenvalue weighted by atomic mass is 9.91. The topological polar surface area (TPSA) is 51.1 Å². The minimum absolute atomic E-state index is 0.169. The second-order valence-electron chi connectivity index (χ2n) is 8.55. The Morgan fingerprint density at radius 1 is 1.30 bits per heavy atom. The van der Waals surface area contributed by atoms with Crippen molar-refractivity contribution in [1.29, 1.82) is 0 Å². The summed E-state index contributed by atoms with van der Waals surface area (Å²) in [4.78, 5) is 18.3. The number of rotatable bonds is 8. The molecule has 0 unspecified atom stereocenters. The first-order valence-corrected chi connectivity index (χ1v) is 11.4. The van der Waals surface area contributed by atoms with E-state index < -0.39 is 5.60 Å². The van der Waals surface area contributed by atoms with Crippen LogP contribution >= 0.6 is 11.8 Å². The number of ether oxygens (including phenoxy) is 2. The van der Waals surface area contributed by atoms with Gasteiger partial charge in [-0.05, 0) is 70.1 Å². The van der Waals surface area contributed by atoms with Crippen LogP contribution in [0.1, 0.15) is 40.0 Å². The summed E-state index contributed by atoms with van der Waals surface area (Å²) in [6, 6.07) is 0. The van der Waals surface area contributed by atoms with Crippen LogP contribution in [0.5, 0.6) is 0 Å². The zero-order chi connectivity index (χ0) is 19.9. The van der Waals surface area contributed by atoms with Crippen LogP contribution in [0.4, 0.5) is 4.79 Å². The van der Waals surface area contributed by atoms with Crippen LogP contribution in [0.25, 0.3) is 0 Å². The van der Waals surface area contributed by atoms with E-state index in [2.05, 4.69) is 23.4 Å². The van der Waals surface area contributed by atoms with Crippen LogP contribution < -0.4 is 0 Å². The van der Waals surface area contributed by atoms with Crippen molar-refractivity contribution in [2.45, 2.75) is 45.6 Å². The van der Waals surface area contributed by atoms with E-state index in [1.165, 1.54) is 6.42 Å². The van der Waals surface area contributed by atoms with E-state index in [9.17, 15) is 4.79 Å². The minimum Gasteiger partial charge on any atom is -0.444 e. The molecule has 1 heterocycles. The second kappa shape index (κ2) is 10.5. The highest BCUT2D eigenvalue weighted by molar-refractivity contribution is 7.98. The molecule has 0 aromatic carbocycles. The highest BCUT2D eigenvalue weighted by Crippen LogP contribution is 2.48. The fraction of sp³-hybridized carbons (Fsp3) is 0.810. The van der Waals surface area contributed by atoms with Crippen LogP contribution in [0.2, 0.25) is 0 Å². The quantitative estimate of drug-likeness (QED) is 0.575. The van der Waals surface area contributed by atoms with Gasteiger partial charge in [0.2, 0.25) is 0 Å². The molecular weight excluding hydrogens is 360 g/mol. The molecule has 0 aromatic rings. The highest BCUT2D eigenvalue weighted by atomic mass is 32.2. The molecule has 0 N–H and O–H groups in total. The summed E-state index contributed by atoms with van der Waals surface area (Å²) in [7, 11) is 1.82. The largest absolute Gasteiger partial charge is 0.444 e. The van der Waals surface area contributed by atoms with E-state index in [4.69, 9.17) is 9.47 Å². The number of carbonyl (C=O) groups is 1. The molecule has 2 rings (SSSR count). The maximum Gasteiger partial charge on any atom is 0.410 e. The van der Waals surface area contributed by atoms with E-state index in [0.29, 0.717) is 12.5 Å². The predicted molar refractivity (Wildman–Crippen MR) is 114 cm³/mol. The Morgan fingerprint density at radius 2 is 2.00 bits per heavy atom. The van der Waals surface area contributed by atoms with Gasteiger partial charge in [0.1, 0.15) is 5.60 Å². The van der Waals surface area contributed by atoms with E-state index in [1.54, 1.807) is 11.8 Å². The smallest absolute Gasteiger partial charge is 0.410 e. The number of aliphatic imine (C=N–C) groups is 1. The van der Waals surface area contributed by atoms with Gasteiger partial charge in [0.15, 0.2) is 0 Å². The van der Waals surface area contributed by atoms with Crippen molar-refractivity contribution in [3.63, 3.8) is 0 Å². The molecule has 6 heteroatoms. The fourth-order valence-corrected chi connectivity index (χ4v) is 3.95. The van der Waals surface area contributed by atoms with Gasteiger partial charge >= 0.3 is 6.09 Å². The first-order chi connectivity index (χ1) is 12.8. The third kappa shape index (κ3) is 7.86. The number of carbonyl (C=O) groups excluding carboxylic acids is 1. The number of likely N-dealkylation sites (tertiary alicyclic amines) is 1. The number of nitrogens with zero attached hydrogens (tertiary/aromatic N) is 2. The van der Waals surface area contributed by atoms with Crippen LogP contribution in [0.3, 0.4) is 0 Å². The molecule has 2 fully saturated rings. The number of hydrogen-bond donors (Lipinski definition) is 0. The fourth-order valence-electron chi connectivity index (χ4n) is 3.66. The van der Waals surface area contributed by atoms with Gasteiger partial charge in [-0.15, -0.1) is 0 Å². The summed E-state index contributed by atoms with van der Waals surface area (Å²) in [6.45, 7) is 8.81. The Balaban J connectivity index is 1.63. The average Bonchev–Trinajstić information content (AvgIpc) is 3.39. The Kier molecular flexibility index (Phi) is 8.67. The molecule has 2 atom stereocenters. The first kappa shape index (κ1) is 22.3. The maximum absolute atomic E-state index is 12.2. The lowest BCUT2D eigenvalue weighted by Crippen LogP contribution is -2.42. The van der Waals surface area contributed by atoms with Gasteiger partial charge < -0.3 is 14.4 Å². The third-order valence-electron chi connectivity index (χ3n) is 5.22. The van der Waals surface area contributed by atoms with Gasteiger partial charge in [-0.3, -0.25) is 4.99 Å². The van der Waals surface area contributed by atoms with E-state index >= 15 is 0 Å². The summed E-state index contributed by atoms with van der Waals surface area (Å²) in [5.74, 6) is 3.17. The van der Waals surface area contributed by atoms with E-state index in [-0.39, 0.29) is 6.09 Å². The third-order valence-corrected chi connectivity index (χ3v) is 5.74. The maximum atomic E-state index is 12.2. The van der Waals surface area contributed by atoms with Crippen LogP contribution in [0.15, 0.2) is 17.1 Å². The number of thioether (sulfide) groups is 1. The summed E-state index contributed by atoms with van der Waals surface area (Å²) in [5, 5.41) is 0. The van der Waals surface area contributed by atoms with E-state index in [1.807, 2.05) is 32.7 Å². The lowest BCUT2D eigenvalue weighted by molar-refractivity contribution is 0.0171. The van der Waals surface area contributed by atoms with Crippen molar-refractivity contribution in [2.75, 3.05) is 45.4 Å². The van der Waals surface area contributed by atoms with Crippen molar-refractivity contribution < 1.29 is 14.3 Å². The lowest BCUT2D eigenvalue weighted by Gasteiger charge is -2.33. The van der Waals surface area contributed by atoms with Crippen LogP contribution in [-0.4, -0.2) is 67.7 Å². The molecule has 2 aliphatic rings. The first-order valence-electron chi connectivity index (χ1n) is 10.0. The van der Waals surface area contributed by atoms with Crippen molar-refractivity contribution >= 4 is 23.6 Å². The van der Waals surface area contributed by atoms with Crippen molar-refractivity contribution in [2.24, 2.45) is 22.7 Å². The van der Waals surface area contributed by atoms with Crippen molar-refractivity contribution in [3.8, 4) is 0 Å². The summed E-state index contributed by atoms with van der Waals surface area (Å²) >= 11 is 1.80. The number of piperidine rings is 1. The summed E-state index contributed by atoms with van der Waals surface area (Å²) in [6.07, 6.45) is 9.55.